The van der Waals surface area contributed by atoms with Crippen LogP contribution >= 0.6 is 0 Å². The maximum atomic E-state index is 14.8. The van der Waals surface area contributed by atoms with Gasteiger partial charge in [-0.2, -0.15) is 5.10 Å². The topological polar surface area (TPSA) is 68.0 Å². The third-order valence-corrected chi connectivity index (χ3v) is 6.16. The number of carbonyl (C=O) groups is 1. The minimum atomic E-state index is -0.301. The van der Waals surface area contributed by atoms with Crippen LogP contribution in [0.5, 0.6) is 0 Å². The van der Waals surface area contributed by atoms with Gasteiger partial charge in [0.25, 0.3) is 0 Å². The highest BCUT2D eigenvalue weighted by Crippen LogP contribution is 2.27. The van der Waals surface area contributed by atoms with Crippen LogP contribution in [0.25, 0.3) is 11.3 Å². The molecule has 0 saturated heterocycles. The summed E-state index contributed by atoms with van der Waals surface area (Å²) in [5.74, 6) is -0.238. The van der Waals surface area contributed by atoms with Crippen LogP contribution in [0.15, 0.2) is 54.9 Å². The fraction of sp³-hybridized carbons (Fsp3) is 0.346. The molecule has 1 aliphatic carbocycles. The predicted molar refractivity (Wildman–Crippen MR) is 122 cm³/mol. The van der Waals surface area contributed by atoms with Crippen LogP contribution in [-0.4, -0.2) is 31.8 Å². The van der Waals surface area contributed by atoms with E-state index in [1.165, 1.54) is 6.07 Å². The molecule has 6 heteroatoms. The van der Waals surface area contributed by atoms with Crippen molar-refractivity contribution in [3.05, 3.63) is 83.1 Å². The number of rotatable bonds is 7. The quantitative estimate of drug-likeness (QED) is 0.429. The van der Waals surface area contributed by atoms with Gasteiger partial charge in [-0.3, -0.25) is 14.5 Å². The highest BCUT2D eigenvalue weighted by Gasteiger charge is 2.22. The third-order valence-electron chi connectivity index (χ3n) is 6.16. The molecule has 2 atom stereocenters. The number of aromatic nitrogens is 3. The Bertz CT molecular complexity index is 1150. The van der Waals surface area contributed by atoms with Crippen LogP contribution in [0, 0.1) is 18.7 Å². The molecule has 1 fully saturated rings. The largest absolute Gasteiger partial charge is 0.393 e. The van der Waals surface area contributed by atoms with E-state index < -0.39 is 0 Å². The van der Waals surface area contributed by atoms with Crippen LogP contribution in [0.2, 0.25) is 0 Å². The van der Waals surface area contributed by atoms with E-state index in [1.54, 1.807) is 23.0 Å². The lowest BCUT2D eigenvalue weighted by atomic mass is 9.98. The molecular formula is C26H28FN3O2. The van der Waals surface area contributed by atoms with E-state index in [4.69, 9.17) is 0 Å². The van der Waals surface area contributed by atoms with E-state index in [1.807, 2.05) is 44.5 Å². The van der Waals surface area contributed by atoms with Gasteiger partial charge in [0.05, 0.1) is 11.8 Å². The number of ketones is 1. The molecule has 2 aromatic heterocycles. The lowest BCUT2D eigenvalue weighted by molar-refractivity contribution is 0.0990. The zero-order valence-electron chi connectivity index (χ0n) is 18.5. The predicted octanol–water partition coefficient (Wildman–Crippen LogP) is 4.81. The number of hydrogen-bond acceptors (Lipinski definition) is 4. The number of halogens is 1. The molecule has 2 heterocycles. The minimum Gasteiger partial charge on any atom is -0.393 e. The molecule has 0 aliphatic heterocycles. The number of nitrogens with zero attached hydrogens (tertiary/aromatic N) is 3. The van der Waals surface area contributed by atoms with Gasteiger partial charge in [0, 0.05) is 43.8 Å². The second-order valence-corrected chi connectivity index (χ2v) is 8.57. The van der Waals surface area contributed by atoms with Crippen molar-refractivity contribution in [3.8, 4) is 11.3 Å². The van der Waals surface area contributed by atoms with Gasteiger partial charge in [0.2, 0.25) is 0 Å². The zero-order chi connectivity index (χ0) is 22.7. The maximum Gasteiger partial charge on any atom is 0.184 e. The first-order valence-corrected chi connectivity index (χ1v) is 11.0. The summed E-state index contributed by atoms with van der Waals surface area (Å²) < 4.78 is 16.5. The third kappa shape index (κ3) is 5.02. The highest BCUT2D eigenvalue weighted by molar-refractivity contribution is 5.95. The Labute approximate surface area is 187 Å². The lowest BCUT2D eigenvalue weighted by Crippen LogP contribution is -2.10. The molecule has 4 rings (SSSR count). The molecule has 166 valence electrons. The monoisotopic (exact) mass is 433 g/mol. The van der Waals surface area contributed by atoms with Crippen molar-refractivity contribution >= 4 is 5.78 Å². The molecule has 1 aliphatic rings. The molecule has 1 N–H and O–H groups in total. The summed E-state index contributed by atoms with van der Waals surface area (Å²) in [7, 11) is 1.83. The molecule has 0 radical (unpaired) electrons. The van der Waals surface area contributed by atoms with Crippen LogP contribution in [0.1, 0.15) is 52.9 Å². The smallest absolute Gasteiger partial charge is 0.184 e. The Hall–Kier alpha value is -3.12. The normalized spacial score (nSPS) is 18.5. The summed E-state index contributed by atoms with van der Waals surface area (Å²) >= 11 is 0. The van der Waals surface area contributed by atoms with Crippen molar-refractivity contribution in [1.29, 1.82) is 0 Å². The van der Waals surface area contributed by atoms with Crippen LogP contribution in [0.3, 0.4) is 0 Å². The maximum absolute atomic E-state index is 14.8. The van der Waals surface area contributed by atoms with E-state index in [0.717, 1.165) is 41.6 Å². The fourth-order valence-corrected chi connectivity index (χ4v) is 4.18. The summed E-state index contributed by atoms with van der Waals surface area (Å²) in [5, 5.41) is 14.2. The van der Waals surface area contributed by atoms with Crippen molar-refractivity contribution in [2.45, 2.75) is 45.1 Å². The molecule has 0 spiro atoms. The number of aliphatic hydroxyl groups is 1. The number of aliphatic hydroxyl groups excluding tert-OH is 1. The van der Waals surface area contributed by atoms with Gasteiger partial charge in [-0.1, -0.05) is 30.7 Å². The first-order chi connectivity index (χ1) is 15.4. The highest BCUT2D eigenvalue weighted by atomic mass is 19.1. The minimum absolute atomic E-state index is 0.0824. The molecular weight excluding hydrogens is 405 g/mol. The summed E-state index contributed by atoms with van der Waals surface area (Å²) in [5.41, 5.74) is 4.19. The Morgan fingerprint density at radius 1 is 1.25 bits per heavy atom. The fourth-order valence-electron chi connectivity index (χ4n) is 4.18. The Kier molecular flexibility index (Phi) is 6.61. The molecule has 1 aromatic carbocycles. The second kappa shape index (κ2) is 9.57. The van der Waals surface area contributed by atoms with E-state index >= 15 is 0 Å². The average Bonchev–Trinajstić information content (AvgIpc) is 3.39. The Morgan fingerprint density at radius 2 is 2.09 bits per heavy atom. The summed E-state index contributed by atoms with van der Waals surface area (Å²) in [6.45, 7) is 1.91. The van der Waals surface area contributed by atoms with Crippen molar-refractivity contribution in [1.82, 2.24) is 14.8 Å². The van der Waals surface area contributed by atoms with Crippen molar-refractivity contribution in [3.63, 3.8) is 0 Å². The number of carbonyl (C=O) groups excluding carboxylic acids is 1. The van der Waals surface area contributed by atoms with Crippen LogP contribution in [0.4, 0.5) is 4.39 Å². The molecule has 5 nitrogen and oxygen atoms in total. The second-order valence-electron chi connectivity index (χ2n) is 8.57. The molecule has 0 bridgehead atoms. The molecule has 0 amide bonds. The van der Waals surface area contributed by atoms with Gasteiger partial charge < -0.3 is 5.11 Å². The summed E-state index contributed by atoms with van der Waals surface area (Å²) in [4.78, 5) is 16.9. The number of pyridine rings is 1. The Morgan fingerprint density at radius 3 is 2.78 bits per heavy atom. The SMILES string of the molecule is Cc1cnc(C(=O)C/C=C/[C@H]2CCC[C@@H]2O)cc1Cc1ccc(-c2ccn(C)n2)cc1F. The van der Waals surface area contributed by atoms with Crippen LogP contribution < -0.4 is 0 Å². The molecule has 1 saturated carbocycles. The van der Waals surface area contributed by atoms with Crippen molar-refractivity contribution in [2.75, 3.05) is 0 Å². The number of hydrogen-bond donors (Lipinski definition) is 1. The first kappa shape index (κ1) is 22.1. The first-order valence-electron chi connectivity index (χ1n) is 11.0. The van der Waals surface area contributed by atoms with E-state index in [-0.39, 0.29) is 30.0 Å². The molecule has 3 aromatic rings. The Balaban J connectivity index is 1.46. The average molecular weight is 434 g/mol. The molecule has 0 unspecified atom stereocenters. The molecule has 32 heavy (non-hydrogen) atoms. The standard InChI is InChI=1S/C26H28FN3O2/c1-17-16-28-24(26(32)8-4-6-18-5-3-7-25(18)31)15-21(17)13-19-9-10-20(14-22(19)27)23-11-12-30(2)29-23/h4,6,9-12,14-16,18,25,31H,3,5,7-8,13H2,1-2H3/b6-4+/t18-,25+/m1/s1. The van der Waals surface area contributed by atoms with Gasteiger partial charge in [-0.05, 0) is 54.7 Å². The van der Waals surface area contributed by atoms with Gasteiger partial charge in [-0.15, -0.1) is 0 Å². The van der Waals surface area contributed by atoms with Crippen molar-refractivity contribution < 1.29 is 14.3 Å². The number of aryl methyl sites for hydroxylation is 2. The van der Waals surface area contributed by atoms with Gasteiger partial charge in [0.1, 0.15) is 11.5 Å². The van der Waals surface area contributed by atoms with Gasteiger partial charge >= 0.3 is 0 Å². The number of benzene rings is 1. The number of Topliss-reactive ketones (excluding diaryl/α,β-unsaturated/α-hetero) is 1. The van der Waals surface area contributed by atoms with E-state index in [0.29, 0.717) is 17.7 Å². The van der Waals surface area contributed by atoms with E-state index in [2.05, 4.69) is 10.1 Å². The lowest BCUT2D eigenvalue weighted by Gasteiger charge is -2.10. The van der Waals surface area contributed by atoms with E-state index in [9.17, 15) is 14.3 Å². The van der Waals surface area contributed by atoms with Gasteiger partial charge in [0.15, 0.2) is 5.78 Å². The summed E-state index contributed by atoms with van der Waals surface area (Å²) in [6.07, 6.45) is 10.4. The zero-order valence-corrected chi connectivity index (χ0v) is 18.5. The van der Waals surface area contributed by atoms with Crippen molar-refractivity contribution in [2.24, 2.45) is 13.0 Å². The van der Waals surface area contributed by atoms with Gasteiger partial charge in [-0.25, -0.2) is 4.39 Å². The van der Waals surface area contributed by atoms with Crippen LogP contribution in [-0.2, 0) is 13.5 Å². The summed E-state index contributed by atoms with van der Waals surface area (Å²) in [6, 6.07) is 8.76. The number of allylic oxidation sites excluding steroid dienone is 1.